The van der Waals surface area contributed by atoms with E-state index >= 15 is 0 Å². The summed E-state index contributed by atoms with van der Waals surface area (Å²) in [4.78, 5) is 11.1. The number of nitrogens with two attached hydrogens (primary N) is 1. The van der Waals surface area contributed by atoms with E-state index in [0.29, 0.717) is 11.1 Å². The van der Waals surface area contributed by atoms with Gasteiger partial charge in [0.25, 0.3) is 15.9 Å². The van der Waals surface area contributed by atoms with Gasteiger partial charge in [0.05, 0.1) is 0 Å². The van der Waals surface area contributed by atoms with E-state index in [1.807, 2.05) is 4.72 Å². The number of hydrogen-bond acceptors (Lipinski definition) is 5. The van der Waals surface area contributed by atoms with Gasteiger partial charge in [0.1, 0.15) is 15.6 Å². The fourth-order valence-electron chi connectivity index (χ4n) is 2.56. The van der Waals surface area contributed by atoms with Gasteiger partial charge in [0.2, 0.25) is 10.0 Å². The molecule has 0 aliphatic rings. The van der Waals surface area contributed by atoms with Gasteiger partial charge in [-0.3, -0.25) is 4.79 Å². The lowest BCUT2D eigenvalue weighted by molar-refractivity contribution is 0.0981. The lowest BCUT2D eigenvalue weighted by atomic mass is 10.1. The first kappa shape index (κ1) is 22.2. The van der Waals surface area contributed by atoms with Crippen molar-refractivity contribution in [3.8, 4) is 11.8 Å². The van der Waals surface area contributed by atoms with Crippen LogP contribution in [0, 0.1) is 17.7 Å². The Kier molecular flexibility index (Phi) is 6.21. The third-order valence-electron chi connectivity index (χ3n) is 4.00. The van der Waals surface area contributed by atoms with Crippen LogP contribution in [0.5, 0.6) is 0 Å². The van der Waals surface area contributed by atoms with Crippen molar-refractivity contribution in [1.29, 1.82) is 0 Å². The Morgan fingerprint density at radius 2 is 1.42 bits per heavy atom. The summed E-state index contributed by atoms with van der Waals surface area (Å²) >= 11 is 0. The fourth-order valence-corrected chi connectivity index (χ4v) is 4.92. The Bertz CT molecular complexity index is 1420. The normalized spacial score (nSPS) is 11.3. The number of hydrogen-bond donors (Lipinski definition) is 2. The predicted octanol–water partition coefficient (Wildman–Crippen LogP) is 1.99. The Morgan fingerprint density at radius 1 is 0.806 bits per heavy atom. The molecule has 158 valence electrons. The second kappa shape index (κ2) is 8.69. The molecule has 3 rings (SSSR count). The third-order valence-corrected chi connectivity index (χ3v) is 6.48. The maximum Gasteiger partial charge on any atom is 0.265 e. The Labute approximate surface area is 178 Å². The molecule has 0 unspecified atom stereocenters. The maximum atomic E-state index is 13.2. The first-order valence-electron chi connectivity index (χ1n) is 8.63. The number of nitrogens with one attached hydrogen (secondary N) is 1. The van der Waals surface area contributed by atoms with E-state index in [4.69, 9.17) is 5.14 Å². The van der Waals surface area contributed by atoms with Crippen molar-refractivity contribution in [2.75, 3.05) is 0 Å². The van der Waals surface area contributed by atoms with Gasteiger partial charge in [-0.1, -0.05) is 30.0 Å². The van der Waals surface area contributed by atoms with Crippen molar-refractivity contribution in [3.63, 3.8) is 0 Å². The van der Waals surface area contributed by atoms with E-state index in [9.17, 15) is 26.0 Å². The molecule has 0 spiro atoms. The molecule has 7 nitrogen and oxygen atoms in total. The molecule has 1 amide bonds. The first-order valence-corrected chi connectivity index (χ1v) is 11.7. The molecule has 3 N–H and O–H groups in total. The van der Waals surface area contributed by atoms with E-state index in [-0.39, 0.29) is 5.56 Å². The molecular weight excluding hydrogens is 443 g/mol. The molecule has 0 aromatic heterocycles. The summed E-state index contributed by atoms with van der Waals surface area (Å²) in [7, 11) is -8.83. The zero-order valence-electron chi connectivity index (χ0n) is 15.7. The molecule has 0 aliphatic carbocycles. The maximum absolute atomic E-state index is 13.2. The molecule has 0 atom stereocenters. The highest BCUT2D eigenvalue weighted by atomic mass is 32.2. The minimum absolute atomic E-state index is 0.00738. The molecule has 3 aromatic carbocycles. The molecule has 0 heterocycles. The molecule has 0 bridgehead atoms. The number of amides is 1. The highest BCUT2D eigenvalue weighted by Gasteiger charge is 2.26. The van der Waals surface area contributed by atoms with Crippen molar-refractivity contribution in [3.05, 3.63) is 95.3 Å². The van der Waals surface area contributed by atoms with E-state index < -0.39 is 41.6 Å². The molecule has 10 heteroatoms. The van der Waals surface area contributed by atoms with Crippen LogP contribution in [-0.4, -0.2) is 22.7 Å². The van der Waals surface area contributed by atoms with Crippen LogP contribution in [0.3, 0.4) is 0 Å². The van der Waals surface area contributed by atoms with Crippen molar-refractivity contribution in [1.82, 2.24) is 4.72 Å². The minimum atomic E-state index is -4.50. The lowest BCUT2D eigenvalue weighted by Crippen LogP contribution is -2.32. The van der Waals surface area contributed by atoms with Gasteiger partial charge in [-0.05, 0) is 54.6 Å². The van der Waals surface area contributed by atoms with Crippen molar-refractivity contribution in [2.45, 2.75) is 9.79 Å². The molecular formula is C21H15FN2O5S2. The minimum Gasteiger partial charge on any atom is -0.268 e. The smallest absolute Gasteiger partial charge is 0.265 e. The zero-order valence-corrected chi connectivity index (χ0v) is 17.4. The molecule has 0 saturated heterocycles. The van der Waals surface area contributed by atoms with Crippen LogP contribution in [0.4, 0.5) is 4.39 Å². The van der Waals surface area contributed by atoms with Gasteiger partial charge in [-0.15, -0.1) is 0 Å². The standard InChI is InChI=1S/C21H15FN2O5S2/c22-18-5-3-4-16(14-18)9-8-15-10-12-17(13-11-15)21(25)24-31(28,29)20-7-2-1-6-19(20)30(23,26)27/h1-7,10-14H,(H,24,25)(H2,23,26,27). The molecule has 0 fully saturated rings. The van der Waals surface area contributed by atoms with E-state index in [2.05, 4.69) is 11.8 Å². The SMILES string of the molecule is NS(=O)(=O)c1ccccc1S(=O)(=O)NC(=O)c1ccc(C#Cc2cccc(F)c2)cc1. The number of benzene rings is 3. The number of sulfonamides is 2. The van der Waals surface area contributed by atoms with E-state index in [1.54, 1.807) is 6.07 Å². The lowest BCUT2D eigenvalue weighted by Gasteiger charge is -2.10. The van der Waals surface area contributed by atoms with Gasteiger partial charge < -0.3 is 0 Å². The van der Waals surface area contributed by atoms with Gasteiger partial charge in [0, 0.05) is 16.7 Å². The van der Waals surface area contributed by atoms with Crippen molar-refractivity contribution >= 4 is 26.0 Å². The van der Waals surface area contributed by atoms with Crippen molar-refractivity contribution in [2.24, 2.45) is 5.14 Å². The number of rotatable bonds is 4. The van der Waals surface area contributed by atoms with Crippen LogP contribution in [0.2, 0.25) is 0 Å². The summed E-state index contributed by atoms with van der Waals surface area (Å²) in [5.74, 6) is 4.20. The quantitative estimate of drug-likeness (QED) is 0.579. The fraction of sp³-hybridized carbons (Fsp3) is 0. The summed E-state index contributed by atoms with van der Waals surface area (Å²) in [6, 6.07) is 16.1. The topological polar surface area (TPSA) is 123 Å². The molecule has 3 aromatic rings. The second-order valence-electron chi connectivity index (χ2n) is 6.26. The summed E-state index contributed by atoms with van der Waals surface area (Å²) in [6.45, 7) is 0. The molecule has 31 heavy (non-hydrogen) atoms. The van der Waals surface area contributed by atoms with E-state index in [1.165, 1.54) is 54.6 Å². The third kappa shape index (κ3) is 5.55. The number of carbonyl (C=O) groups is 1. The molecule has 0 radical (unpaired) electrons. The van der Waals surface area contributed by atoms with Gasteiger partial charge in [-0.25, -0.2) is 31.1 Å². The predicted molar refractivity (Wildman–Crippen MR) is 111 cm³/mol. The van der Waals surface area contributed by atoms with Gasteiger partial charge in [0.15, 0.2) is 0 Å². The van der Waals surface area contributed by atoms with Crippen LogP contribution in [-0.2, 0) is 20.0 Å². The van der Waals surface area contributed by atoms with Crippen LogP contribution in [0.25, 0.3) is 0 Å². The summed E-state index contributed by atoms with van der Waals surface area (Å²) < 4.78 is 63.4. The summed E-state index contributed by atoms with van der Waals surface area (Å²) in [5.41, 5.74) is 0.998. The van der Waals surface area contributed by atoms with Gasteiger partial charge in [-0.2, -0.15) is 0 Å². The van der Waals surface area contributed by atoms with Gasteiger partial charge >= 0.3 is 0 Å². The highest BCUT2D eigenvalue weighted by molar-refractivity contribution is 7.92. The summed E-state index contributed by atoms with van der Waals surface area (Å²) in [6.07, 6.45) is 0. The highest BCUT2D eigenvalue weighted by Crippen LogP contribution is 2.19. The number of halogens is 1. The first-order chi connectivity index (χ1) is 14.6. The Hall–Kier alpha value is -3.52. The average molecular weight is 458 g/mol. The van der Waals surface area contributed by atoms with Crippen LogP contribution >= 0.6 is 0 Å². The average Bonchev–Trinajstić information content (AvgIpc) is 2.72. The molecule has 0 saturated carbocycles. The van der Waals surface area contributed by atoms with E-state index in [0.717, 1.165) is 12.1 Å². The second-order valence-corrected chi connectivity index (χ2v) is 9.44. The number of primary sulfonamides is 1. The van der Waals surface area contributed by atoms with Crippen molar-refractivity contribution < 1.29 is 26.0 Å². The largest absolute Gasteiger partial charge is 0.268 e. The monoisotopic (exact) mass is 458 g/mol. The zero-order chi connectivity index (χ0) is 22.6. The Morgan fingerprint density at radius 3 is 2.03 bits per heavy atom. The van der Waals surface area contributed by atoms with Crippen LogP contribution in [0.15, 0.2) is 82.6 Å². The number of carbonyl (C=O) groups excluding carboxylic acids is 1. The summed E-state index contributed by atoms with van der Waals surface area (Å²) in [5, 5.41) is 5.05. The Balaban J connectivity index is 1.80. The molecule has 0 aliphatic heterocycles. The van der Waals surface area contributed by atoms with Crippen LogP contribution in [0.1, 0.15) is 21.5 Å². The van der Waals surface area contributed by atoms with Crippen LogP contribution < -0.4 is 9.86 Å².